The largest absolute Gasteiger partial charge is 0.508 e. The van der Waals surface area contributed by atoms with Crippen LogP contribution in [0.5, 0.6) is 5.75 Å². The summed E-state index contributed by atoms with van der Waals surface area (Å²) in [7, 11) is 4.05. The summed E-state index contributed by atoms with van der Waals surface area (Å²) in [4.78, 5) is 4.21. The van der Waals surface area contributed by atoms with Gasteiger partial charge in [0.2, 0.25) is 0 Å². The Morgan fingerprint density at radius 1 is 1.14 bits per heavy atom. The summed E-state index contributed by atoms with van der Waals surface area (Å²) in [6.07, 6.45) is 4.24. The normalized spacial score (nSPS) is 16.7. The van der Waals surface area contributed by atoms with Crippen molar-refractivity contribution < 1.29 is 5.11 Å². The Morgan fingerprint density at radius 2 is 1.79 bits per heavy atom. The zero-order chi connectivity index (χ0) is 10.1. The van der Waals surface area contributed by atoms with Gasteiger partial charge in [-0.2, -0.15) is 0 Å². The predicted octanol–water partition coefficient (Wildman–Crippen LogP) is 1.74. The first-order valence-corrected chi connectivity index (χ1v) is 4.59. The summed E-state index contributed by atoms with van der Waals surface area (Å²) in [5, 5.41) is 9.39. The van der Waals surface area contributed by atoms with Gasteiger partial charge in [-0.15, -0.1) is 0 Å². The standard InChI is InChI=1S/C11H14N2O/c1-12-6-7-13(2)11(12)9-4-3-5-10(14)8-9/h3-8,11,14H,1-2H3. The number of rotatable bonds is 1. The Kier molecular flexibility index (Phi) is 2.08. The third-order valence-corrected chi connectivity index (χ3v) is 2.48. The molecule has 0 amide bonds. The SMILES string of the molecule is CN1C=CN(C)C1c1cccc(O)c1. The maximum atomic E-state index is 9.39. The van der Waals surface area contributed by atoms with Crippen LogP contribution in [0.25, 0.3) is 0 Å². The molecule has 1 aromatic rings. The van der Waals surface area contributed by atoms with Crippen molar-refractivity contribution in [3.05, 3.63) is 42.2 Å². The molecule has 14 heavy (non-hydrogen) atoms. The number of phenols is 1. The molecule has 1 aromatic carbocycles. The van der Waals surface area contributed by atoms with E-state index in [0.717, 1.165) is 5.56 Å². The third-order valence-electron chi connectivity index (χ3n) is 2.48. The fourth-order valence-corrected chi connectivity index (χ4v) is 1.82. The molecule has 3 nitrogen and oxygen atoms in total. The first-order chi connectivity index (χ1) is 6.68. The molecule has 3 heteroatoms. The van der Waals surface area contributed by atoms with E-state index in [2.05, 4.69) is 9.80 Å². The quantitative estimate of drug-likeness (QED) is 0.730. The first kappa shape index (κ1) is 8.94. The van der Waals surface area contributed by atoms with E-state index in [0.29, 0.717) is 5.75 Å². The number of aromatic hydroxyl groups is 1. The molecule has 1 aliphatic heterocycles. The fraction of sp³-hybridized carbons (Fsp3) is 0.273. The van der Waals surface area contributed by atoms with Gasteiger partial charge in [0.1, 0.15) is 11.9 Å². The minimum atomic E-state index is 0.196. The lowest BCUT2D eigenvalue weighted by Gasteiger charge is -2.27. The molecule has 0 radical (unpaired) electrons. The van der Waals surface area contributed by atoms with Crippen LogP contribution in [-0.4, -0.2) is 29.0 Å². The molecule has 0 bridgehead atoms. The Hall–Kier alpha value is -1.64. The lowest BCUT2D eigenvalue weighted by molar-refractivity contribution is 0.208. The molecule has 0 saturated carbocycles. The highest BCUT2D eigenvalue weighted by Crippen LogP contribution is 2.29. The van der Waals surface area contributed by atoms with E-state index in [1.54, 1.807) is 12.1 Å². The highest BCUT2D eigenvalue weighted by atomic mass is 16.3. The van der Waals surface area contributed by atoms with Gasteiger partial charge < -0.3 is 14.9 Å². The Bertz CT molecular complexity index is 350. The molecule has 0 unspecified atom stereocenters. The van der Waals surface area contributed by atoms with Crippen LogP contribution >= 0.6 is 0 Å². The molecular formula is C11H14N2O. The van der Waals surface area contributed by atoms with Crippen LogP contribution in [0.3, 0.4) is 0 Å². The molecule has 0 spiro atoms. The van der Waals surface area contributed by atoms with Gasteiger partial charge in [0.05, 0.1) is 0 Å². The summed E-state index contributed by atoms with van der Waals surface area (Å²) in [6.45, 7) is 0. The average molecular weight is 190 g/mol. The fourth-order valence-electron chi connectivity index (χ4n) is 1.82. The molecule has 0 atom stereocenters. The van der Waals surface area contributed by atoms with E-state index < -0.39 is 0 Å². The maximum absolute atomic E-state index is 9.39. The summed E-state index contributed by atoms with van der Waals surface area (Å²) >= 11 is 0. The Balaban J connectivity index is 2.31. The topological polar surface area (TPSA) is 26.7 Å². The molecule has 0 aromatic heterocycles. The molecule has 1 aliphatic rings. The minimum absolute atomic E-state index is 0.196. The van der Waals surface area contributed by atoms with Crippen molar-refractivity contribution in [3.8, 4) is 5.75 Å². The van der Waals surface area contributed by atoms with Crippen molar-refractivity contribution in [1.82, 2.24) is 9.80 Å². The highest BCUT2D eigenvalue weighted by molar-refractivity contribution is 5.30. The molecule has 0 aliphatic carbocycles. The second-order valence-corrected chi connectivity index (χ2v) is 3.60. The van der Waals surface area contributed by atoms with E-state index in [9.17, 15) is 5.11 Å². The second-order valence-electron chi connectivity index (χ2n) is 3.60. The van der Waals surface area contributed by atoms with E-state index in [4.69, 9.17) is 0 Å². The molecule has 0 fully saturated rings. The van der Waals surface area contributed by atoms with Crippen molar-refractivity contribution in [2.75, 3.05) is 14.1 Å². The average Bonchev–Trinajstić information content (AvgIpc) is 2.46. The third kappa shape index (κ3) is 1.41. The number of nitrogens with zero attached hydrogens (tertiary/aromatic N) is 2. The summed E-state index contributed by atoms with van der Waals surface area (Å²) in [5.74, 6) is 0.316. The predicted molar refractivity (Wildman–Crippen MR) is 55.5 cm³/mol. The van der Waals surface area contributed by atoms with Crippen LogP contribution < -0.4 is 0 Å². The van der Waals surface area contributed by atoms with Crippen LogP contribution in [0, 0.1) is 0 Å². The van der Waals surface area contributed by atoms with Crippen molar-refractivity contribution in [2.45, 2.75) is 6.17 Å². The highest BCUT2D eigenvalue weighted by Gasteiger charge is 2.22. The summed E-state index contributed by atoms with van der Waals surface area (Å²) < 4.78 is 0. The Morgan fingerprint density at radius 3 is 2.36 bits per heavy atom. The van der Waals surface area contributed by atoms with Crippen LogP contribution in [0.4, 0.5) is 0 Å². The van der Waals surface area contributed by atoms with Crippen molar-refractivity contribution in [1.29, 1.82) is 0 Å². The lowest BCUT2D eigenvalue weighted by Crippen LogP contribution is -2.25. The van der Waals surface area contributed by atoms with Gasteiger partial charge in [-0.3, -0.25) is 0 Å². The van der Waals surface area contributed by atoms with Gasteiger partial charge in [0, 0.05) is 26.5 Å². The molecular weight excluding hydrogens is 176 g/mol. The monoisotopic (exact) mass is 190 g/mol. The van der Waals surface area contributed by atoms with Crippen molar-refractivity contribution >= 4 is 0 Å². The zero-order valence-electron chi connectivity index (χ0n) is 8.38. The van der Waals surface area contributed by atoms with Crippen LogP contribution in [0.1, 0.15) is 11.7 Å². The number of hydrogen-bond donors (Lipinski definition) is 1. The molecule has 1 heterocycles. The zero-order valence-corrected chi connectivity index (χ0v) is 8.38. The van der Waals surface area contributed by atoms with Gasteiger partial charge >= 0.3 is 0 Å². The Labute approximate surface area is 83.9 Å². The summed E-state index contributed by atoms with van der Waals surface area (Å²) in [6, 6.07) is 7.37. The van der Waals surface area contributed by atoms with Gasteiger partial charge in [-0.1, -0.05) is 12.1 Å². The van der Waals surface area contributed by atoms with Crippen molar-refractivity contribution in [2.24, 2.45) is 0 Å². The van der Waals surface area contributed by atoms with Gasteiger partial charge in [0.15, 0.2) is 0 Å². The van der Waals surface area contributed by atoms with E-state index >= 15 is 0 Å². The molecule has 2 rings (SSSR count). The lowest BCUT2D eigenvalue weighted by atomic mass is 10.1. The van der Waals surface area contributed by atoms with E-state index in [1.165, 1.54) is 0 Å². The molecule has 1 N–H and O–H groups in total. The maximum Gasteiger partial charge on any atom is 0.127 e. The van der Waals surface area contributed by atoms with E-state index in [-0.39, 0.29) is 6.17 Å². The smallest absolute Gasteiger partial charge is 0.127 e. The number of hydrogen-bond acceptors (Lipinski definition) is 3. The van der Waals surface area contributed by atoms with Crippen LogP contribution in [0.15, 0.2) is 36.7 Å². The van der Waals surface area contributed by atoms with Gasteiger partial charge in [-0.25, -0.2) is 0 Å². The van der Waals surface area contributed by atoms with Gasteiger partial charge in [0.25, 0.3) is 0 Å². The number of phenolic OH excluding ortho intramolecular Hbond substituents is 1. The second kappa shape index (κ2) is 3.25. The number of benzene rings is 1. The van der Waals surface area contributed by atoms with Crippen LogP contribution in [-0.2, 0) is 0 Å². The van der Waals surface area contributed by atoms with Crippen molar-refractivity contribution in [3.63, 3.8) is 0 Å². The van der Waals surface area contributed by atoms with Gasteiger partial charge in [-0.05, 0) is 17.7 Å². The first-order valence-electron chi connectivity index (χ1n) is 4.59. The minimum Gasteiger partial charge on any atom is -0.508 e. The molecule has 0 saturated heterocycles. The van der Waals surface area contributed by atoms with E-state index in [1.807, 2.05) is 38.6 Å². The van der Waals surface area contributed by atoms with Crippen LogP contribution in [0.2, 0.25) is 0 Å². The molecule has 74 valence electrons. The summed E-state index contributed by atoms with van der Waals surface area (Å²) in [5.41, 5.74) is 1.10.